The van der Waals surface area contributed by atoms with Crippen molar-refractivity contribution in [3.63, 3.8) is 0 Å². The van der Waals surface area contributed by atoms with Gasteiger partial charge >= 0.3 is 0 Å². The quantitative estimate of drug-likeness (QED) is 0.612. The Morgan fingerprint density at radius 2 is 2.00 bits per heavy atom. The molecule has 0 aromatic carbocycles. The average molecular weight is 215 g/mol. The monoisotopic (exact) mass is 215 g/mol. The first-order chi connectivity index (χ1) is 6.01. The third-order valence-corrected chi connectivity index (χ3v) is 3.88. The fourth-order valence-electron chi connectivity index (χ4n) is 1.45. The Labute approximate surface area is 93.1 Å². The third-order valence-electron chi connectivity index (χ3n) is 2.58. The molecule has 0 saturated heterocycles. The molecule has 0 spiro atoms. The maximum Gasteiger partial charge on any atom is 0.0409 e. The summed E-state index contributed by atoms with van der Waals surface area (Å²) in [6.07, 6.45) is 3.23. The highest BCUT2D eigenvalue weighted by Gasteiger charge is 2.28. The van der Waals surface area contributed by atoms with Gasteiger partial charge in [-0.05, 0) is 18.8 Å². The zero-order valence-corrected chi connectivity index (χ0v) is 10.6. The molecule has 2 atom stereocenters. The number of hydrogen-bond acceptors (Lipinski definition) is 2. The molecule has 0 aliphatic rings. The second-order valence-electron chi connectivity index (χ2n) is 3.86. The van der Waals surface area contributed by atoms with E-state index in [9.17, 15) is 0 Å². The van der Waals surface area contributed by atoms with Crippen LogP contribution in [0, 0.1) is 11.3 Å². The molecule has 75 valence electrons. The van der Waals surface area contributed by atoms with Gasteiger partial charge in [-0.15, -0.1) is 0 Å². The van der Waals surface area contributed by atoms with Crippen LogP contribution in [0.5, 0.6) is 0 Å². The minimum absolute atomic E-state index is 0.130. The van der Waals surface area contributed by atoms with Gasteiger partial charge in [-0.3, -0.25) is 0 Å². The normalized spacial score (nSPS) is 17.5. The number of rotatable bonds is 6. The highest BCUT2D eigenvalue weighted by atomic mass is 32.1. The summed E-state index contributed by atoms with van der Waals surface area (Å²) < 4.78 is 0. The minimum atomic E-state index is -0.130. The van der Waals surface area contributed by atoms with Gasteiger partial charge in [-0.25, -0.2) is 0 Å². The molecule has 13 heavy (non-hydrogen) atoms. The lowest BCUT2D eigenvalue weighted by Crippen LogP contribution is -2.31. The second kappa shape index (κ2) is 5.82. The maximum absolute atomic E-state index is 5.45. The second-order valence-corrected chi connectivity index (χ2v) is 4.50. The molecule has 0 rings (SSSR count). The van der Waals surface area contributed by atoms with Crippen molar-refractivity contribution in [2.75, 3.05) is 0 Å². The fourth-order valence-corrected chi connectivity index (χ4v) is 2.05. The van der Waals surface area contributed by atoms with Crippen LogP contribution in [0.4, 0.5) is 0 Å². The Balaban J connectivity index is 4.55. The van der Waals surface area contributed by atoms with Gasteiger partial charge in [0.1, 0.15) is 0 Å². The molecule has 2 heteroatoms. The van der Waals surface area contributed by atoms with E-state index in [2.05, 4.69) is 33.1 Å². The fraction of sp³-hybridized carbons (Fsp3) is 0.818. The summed E-state index contributed by atoms with van der Waals surface area (Å²) in [7, 11) is 0. The Morgan fingerprint density at radius 3 is 2.31 bits per heavy atom. The summed E-state index contributed by atoms with van der Waals surface area (Å²) in [5, 5.41) is 2.94. The van der Waals surface area contributed by atoms with Crippen LogP contribution in [-0.4, -0.2) is 10.2 Å². The average Bonchev–Trinajstić information content (AvgIpc) is 2.15. The Kier molecular flexibility index (Phi) is 5.90. The lowest BCUT2D eigenvalue weighted by atomic mass is 9.79. The SMILES string of the molecule is CCCC(C)([C]=S)C(=S)C(C)CC. The van der Waals surface area contributed by atoms with Crippen LogP contribution >= 0.6 is 24.4 Å². The van der Waals surface area contributed by atoms with Gasteiger partial charge in [0.25, 0.3) is 0 Å². The van der Waals surface area contributed by atoms with Crippen LogP contribution in [0.3, 0.4) is 0 Å². The third kappa shape index (κ3) is 3.43. The lowest BCUT2D eigenvalue weighted by Gasteiger charge is -2.28. The molecule has 0 heterocycles. The molecule has 0 nitrogen and oxygen atoms in total. The first-order valence-corrected chi connectivity index (χ1v) is 5.77. The van der Waals surface area contributed by atoms with Crippen LogP contribution in [0.15, 0.2) is 0 Å². The van der Waals surface area contributed by atoms with E-state index in [4.69, 9.17) is 24.4 Å². The van der Waals surface area contributed by atoms with Crippen molar-refractivity contribution >= 4 is 34.7 Å². The zero-order chi connectivity index (χ0) is 10.5. The van der Waals surface area contributed by atoms with Crippen LogP contribution in [0.2, 0.25) is 0 Å². The number of thiocarbonyl (C=S) groups is 2. The molecule has 2 unspecified atom stereocenters. The minimum Gasteiger partial charge on any atom is -0.0884 e. The molecular formula is C11H19S2. The summed E-state index contributed by atoms with van der Waals surface area (Å²) in [5.74, 6) is 0.474. The first kappa shape index (κ1) is 13.2. The summed E-state index contributed by atoms with van der Waals surface area (Å²) in [5.41, 5.74) is -0.130. The van der Waals surface area contributed by atoms with E-state index in [0.717, 1.165) is 24.1 Å². The molecule has 0 N–H and O–H groups in total. The Hall–Kier alpha value is 0.180. The maximum atomic E-state index is 5.45. The molecule has 0 amide bonds. The van der Waals surface area contributed by atoms with E-state index in [1.165, 1.54) is 0 Å². The molecular weight excluding hydrogens is 196 g/mol. The highest BCUT2D eigenvalue weighted by Crippen LogP contribution is 2.28. The smallest absolute Gasteiger partial charge is 0.0409 e. The van der Waals surface area contributed by atoms with Crippen molar-refractivity contribution in [2.45, 2.75) is 47.0 Å². The molecule has 0 aliphatic heterocycles. The van der Waals surface area contributed by atoms with Crippen molar-refractivity contribution in [2.24, 2.45) is 11.3 Å². The van der Waals surface area contributed by atoms with E-state index >= 15 is 0 Å². The molecule has 0 aliphatic carbocycles. The molecule has 0 aromatic rings. The van der Waals surface area contributed by atoms with Gasteiger partial charge in [0, 0.05) is 15.6 Å². The van der Waals surface area contributed by atoms with E-state index in [0.29, 0.717) is 5.92 Å². The topological polar surface area (TPSA) is 0 Å². The van der Waals surface area contributed by atoms with E-state index in [-0.39, 0.29) is 5.41 Å². The summed E-state index contributed by atoms with van der Waals surface area (Å²) in [4.78, 5) is 1.08. The van der Waals surface area contributed by atoms with Crippen molar-refractivity contribution in [3.8, 4) is 0 Å². The highest BCUT2D eigenvalue weighted by molar-refractivity contribution is 7.81. The van der Waals surface area contributed by atoms with Gasteiger partial charge < -0.3 is 0 Å². The Morgan fingerprint density at radius 1 is 1.46 bits per heavy atom. The largest absolute Gasteiger partial charge is 0.0884 e. The first-order valence-electron chi connectivity index (χ1n) is 4.95. The van der Waals surface area contributed by atoms with Crippen LogP contribution in [0.1, 0.15) is 47.0 Å². The zero-order valence-electron chi connectivity index (χ0n) is 9.02. The predicted octanol–water partition coefficient (Wildman–Crippen LogP) is 4.09. The van der Waals surface area contributed by atoms with E-state index < -0.39 is 0 Å². The van der Waals surface area contributed by atoms with E-state index in [1.54, 1.807) is 0 Å². The molecule has 0 saturated carbocycles. The van der Waals surface area contributed by atoms with Gasteiger partial charge in [-0.1, -0.05) is 58.6 Å². The standard InChI is InChI=1S/C11H19S2/c1-5-7-11(4,8-12)10(13)9(3)6-2/h9H,5-7H2,1-4H3. The lowest BCUT2D eigenvalue weighted by molar-refractivity contribution is 0.553. The van der Waals surface area contributed by atoms with Gasteiger partial charge in [0.05, 0.1) is 0 Å². The van der Waals surface area contributed by atoms with Crippen LogP contribution in [-0.2, 0) is 0 Å². The van der Waals surface area contributed by atoms with Gasteiger partial charge in [-0.2, -0.15) is 0 Å². The van der Waals surface area contributed by atoms with Crippen LogP contribution < -0.4 is 0 Å². The van der Waals surface area contributed by atoms with Crippen molar-refractivity contribution in [3.05, 3.63) is 0 Å². The molecule has 0 bridgehead atoms. The molecule has 0 fully saturated rings. The van der Waals surface area contributed by atoms with Crippen LogP contribution in [0.25, 0.3) is 0 Å². The van der Waals surface area contributed by atoms with E-state index in [1.807, 2.05) is 0 Å². The summed E-state index contributed by atoms with van der Waals surface area (Å²) >= 11 is 10.4. The molecule has 1 radical (unpaired) electrons. The Bertz CT molecular complexity index is 187. The number of hydrogen-bond donors (Lipinski definition) is 0. The summed E-state index contributed by atoms with van der Waals surface area (Å²) in [6, 6.07) is 0. The predicted molar refractivity (Wildman–Crippen MR) is 67.7 cm³/mol. The van der Waals surface area contributed by atoms with Crippen molar-refractivity contribution in [1.29, 1.82) is 0 Å². The molecule has 0 aromatic heterocycles. The van der Waals surface area contributed by atoms with Gasteiger partial charge in [0.2, 0.25) is 0 Å². The van der Waals surface area contributed by atoms with Gasteiger partial charge in [0.15, 0.2) is 0 Å². The van der Waals surface area contributed by atoms with Crippen molar-refractivity contribution in [1.82, 2.24) is 0 Å². The van der Waals surface area contributed by atoms with Crippen molar-refractivity contribution < 1.29 is 0 Å². The summed E-state index contributed by atoms with van der Waals surface area (Å²) in [6.45, 7) is 8.60.